The van der Waals surface area contributed by atoms with E-state index in [4.69, 9.17) is 0 Å². The van der Waals surface area contributed by atoms with Gasteiger partial charge in [-0.3, -0.25) is 19.3 Å². The lowest BCUT2D eigenvalue weighted by Crippen LogP contribution is -2.29. The van der Waals surface area contributed by atoms with E-state index >= 15 is 0 Å². The van der Waals surface area contributed by atoms with Gasteiger partial charge >= 0.3 is 0 Å². The van der Waals surface area contributed by atoms with Gasteiger partial charge < -0.3 is 4.98 Å². The predicted molar refractivity (Wildman–Crippen MR) is 85.2 cm³/mol. The molecule has 1 aromatic heterocycles. The average molecular weight is 304 g/mol. The number of aromatic nitrogens is 1. The van der Waals surface area contributed by atoms with Crippen LogP contribution in [0.25, 0.3) is 10.9 Å². The minimum atomic E-state index is -0.324. The van der Waals surface area contributed by atoms with Crippen LogP contribution in [0.5, 0.6) is 0 Å². The first kappa shape index (κ1) is 13.5. The molecule has 4 rings (SSSR count). The van der Waals surface area contributed by atoms with Crippen LogP contribution in [0.4, 0.5) is 0 Å². The quantitative estimate of drug-likeness (QED) is 0.739. The number of pyridine rings is 1. The van der Waals surface area contributed by atoms with Crippen LogP contribution in [-0.4, -0.2) is 21.7 Å². The third kappa shape index (κ3) is 2.05. The Balaban J connectivity index is 1.80. The number of rotatable bonds is 2. The van der Waals surface area contributed by atoms with Gasteiger partial charge in [0.1, 0.15) is 0 Å². The van der Waals surface area contributed by atoms with Crippen LogP contribution >= 0.6 is 0 Å². The summed E-state index contributed by atoms with van der Waals surface area (Å²) in [6.07, 6.45) is 0. The van der Waals surface area contributed by atoms with E-state index in [0.717, 1.165) is 5.39 Å². The third-order valence-electron chi connectivity index (χ3n) is 4.04. The van der Waals surface area contributed by atoms with Crippen LogP contribution in [-0.2, 0) is 6.54 Å². The van der Waals surface area contributed by atoms with Crippen LogP contribution in [0.15, 0.2) is 59.4 Å². The number of amides is 2. The van der Waals surface area contributed by atoms with Crippen molar-refractivity contribution < 1.29 is 9.59 Å². The molecule has 23 heavy (non-hydrogen) atoms. The second-order valence-corrected chi connectivity index (χ2v) is 5.45. The number of imide groups is 1. The Morgan fingerprint density at radius 3 is 2.13 bits per heavy atom. The van der Waals surface area contributed by atoms with Gasteiger partial charge in [0.15, 0.2) is 0 Å². The number of fused-ring (bicyclic) bond motifs is 2. The molecule has 0 aliphatic carbocycles. The maximum atomic E-state index is 12.5. The van der Waals surface area contributed by atoms with Gasteiger partial charge in [-0.15, -0.1) is 0 Å². The predicted octanol–water partition coefficient (Wildman–Crippen LogP) is 2.32. The molecule has 3 aromatic rings. The molecule has 0 unspecified atom stereocenters. The highest BCUT2D eigenvalue weighted by molar-refractivity contribution is 6.21. The SMILES string of the molecule is O=C1c2ccccc2C(=O)N1Cc1cc(=O)[nH]c2ccccc12. The van der Waals surface area contributed by atoms with Gasteiger partial charge in [0.25, 0.3) is 11.8 Å². The molecule has 1 N–H and O–H groups in total. The maximum absolute atomic E-state index is 12.5. The molecule has 5 nitrogen and oxygen atoms in total. The highest BCUT2D eigenvalue weighted by atomic mass is 16.2. The first-order valence-electron chi connectivity index (χ1n) is 7.21. The van der Waals surface area contributed by atoms with Crippen LogP contribution < -0.4 is 5.56 Å². The third-order valence-corrected chi connectivity index (χ3v) is 4.04. The molecule has 0 saturated carbocycles. The lowest BCUT2D eigenvalue weighted by atomic mass is 10.1. The number of hydrogen-bond acceptors (Lipinski definition) is 3. The molecule has 1 aliphatic heterocycles. The molecule has 2 aromatic carbocycles. The van der Waals surface area contributed by atoms with Crippen LogP contribution in [0, 0.1) is 0 Å². The molecule has 0 bridgehead atoms. The van der Waals surface area contributed by atoms with E-state index in [0.29, 0.717) is 22.2 Å². The largest absolute Gasteiger partial charge is 0.322 e. The van der Waals surface area contributed by atoms with E-state index in [9.17, 15) is 14.4 Å². The summed E-state index contributed by atoms with van der Waals surface area (Å²) in [4.78, 5) is 40.7. The Morgan fingerprint density at radius 2 is 1.43 bits per heavy atom. The molecule has 0 atom stereocenters. The Morgan fingerprint density at radius 1 is 0.826 bits per heavy atom. The molecular formula is C18H12N2O3. The Labute approximate surface area is 131 Å². The highest BCUT2D eigenvalue weighted by Gasteiger charge is 2.35. The van der Waals surface area contributed by atoms with E-state index in [1.807, 2.05) is 18.2 Å². The van der Waals surface area contributed by atoms with E-state index < -0.39 is 0 Å². The standard InChI is InChI=1S/C18H12N2O3/c21-16-9-11(12-5-3-4-8-15(12)19-16)10-20-17(22)13-6-1-2-7-14(13)18(20)23/h1-9H,10H2,(H,19,21). The Kier molecular flexibility index (Phi) is 2.87. The number of benzene rings is 2. The number of aromatic amines is 1. The van der Waals surface area contributed by atoms with E-state index in [1.54, 1.807) is 30.3 Å². The lowest BCUT2D eigenvalue weighted by Gasteiger charge is -2.15. The van der Waals surface area contributed by atoms with Crippen molar-refractivity contribution in [3.8, 4) is 0 Å². The number of H-pyrrole nitrogens is 1. The number of para-hydroxylation sites is 1. The summed E-state index contributed by atoms with van der Waals surface area (Å²) in [6.45, 7) is 0.0801. The highest BCUT2D eigenvalue weighted by Crippen LogP contribution is 2.25. The van der Waals surface area contributed by atoms with Gasteiger partial charge in [0.05, 0.1) is 17.7 Å². The van der Waals surface area contributed by atoms with Gasteiger partial charge in [-0.25, -0.2) is 0 Å². The average Bonchev–Trinajstić information content (AvgIpc) is 2.80. The zero-order chi connectivity index (χ0) is 16.0. The van der Waals surface area contributed by atoms with Crippen LogP contribution in [0.2, 0.25) is 0 Å². The van der Waals surface area contributed by atoms with Crippen molar-refractivity contribution in [1.29, 1.82) is 0 Å². The van der Waals surface area contributed by atoms with Crippen molar-refractivity contribution in [2.24, 2.45) is 0 Å². The summed E-state index contributed by atoms with van der Waals surface area (Å²) in [5.41, 5.74) is 1.90. The zero-order valence-electron chi connectivity index (χ0n) is 12.1. The molecule has 0 fully saturated rings. The normalized spacial score (nSPS) is 13.7. The maximum Gasteiger partial charge on any atom is 0.261 e. The van der Waals surface area contributed by atoms with E-state index in [2.05, 4.69) is 4.98 Å². The Bertz CT molecular complexity index is 985. The van der Waals surface area contributed by atoms with Crippen molar-refractivity contribution in [3.63, 3.8) is 0 Å². The number of carbonyl (C=O) groups is 2. The van der Waals surface area contributed by atoms with Crippen molar-refractivity contribution in [1.82, 2.24) is 9.88 Å². The molecule has 2 heterocycles. The monoisotopic (exact) mass is 304 g/mol. The molecule has 0 radical (unpaired) electrons. The smallest absolute Gasteiger partial charge is 0.261 e. The minimum Gasteiger partial charge on any atom is -0.322 e. The second kappa shape index (κ2) is 4.91. The van der Waals surface area contributed by atoms with Crippen molar-refractivity contribution in [2.45, 2.75) is 6.54 Å². The van der Waals surface area contributed by atoms with Crippen LogP contribution in [0.1, 0.15) is 26.3 Å². The van der Waals surface area contributed by atoms with Gasteiger partial charge in [0, 0.05) is 17.0 Å². The molecule has 0 saturated heterocycles. The zero-order valence-corrected chi connectivity index (χ0v) is 12.1. The minimum absolute atomic E-state index is 0.0801. The van der Waals surface area contributed by atoms with Gasteiger partial charge in [-0.2, -0.15) is 0 Å². The molecule has 1 aliphatic rings. The van der Waals surface area contributed by atoms with Crippen LogP contribution in [0.3, 0.4) is 0 Å². The summed E-state index contributed by atoms with van der Waals surface area (Å²) in [7, 11) is 0. The van der Waals surface area contributed by atoms with Crippen molar-refractivity contribution in [2.75, 3.05) is 0 Å². The van der Waals surface area contributed by atoms with Crippen molar-refractivity contribution in [3.05, 3.63) is 81.6 Å². The summed E-state index contributed by atoms with van der Waals surface area (Å²) in [5.74, 6) is -0.648. The summed E-state index contributed by atoms with van der Waals surface area (Å²) >= 11 is 0. The number of nitrogens with one attached hydrogen (secondary N) is 1. The molecule has 0 spiro atoms. The van der Waals surface area contributed by atoms with Gasteiger partial charge in [0.2, 0.25) is 5.56 Å². The van der Waals surface area contributed by atoms with E-state index in [-0.39, 0.29) is 23.9 Å². The Hall–Kier alpha value is -3.21. The van der Waals surface area contributed by atoms with Gasteiger partial charge in [-0.1, -0.05) is 30.3 Å². The number of hydrogen-bond donors (Lipinski definition) is 1. The number of nitrogens with zero attached hydrogens (tertiary/aromatic N) is 1. The molecular weight excluding hydrogens is 292 g/mol. The number of carbonyl (C=O) groups excluding carboxylic acids is 2. The molecule has 112 valence electrons. The summed E-state index contributed by atoms with van der Waals surface area (Å²) in [5, 5.41) is 0.823. The molecule has 5 heteroatoms. The first-order valence-corrected chi connectivity index (χ1v) is 7.21. The summed E-state index contributed by atoms with van der Waals surface area (Å²) < 4.78 is 0. The second-order valence-electron chi connectivity index (χ2n) is 5.45. The van der Waals surface area contributed by atoms with Gasteiger partial charge in [-0.05, 0) is 23.8 Å². The lowest BCUT2D eigenvalue weighted by molar-refractivity contribution is 0.0643. The van der Waals surface area contributed by atoms with Crippen molar-refractivity contribution >= 4 is 22.7 Å². The fourth-order valence-electron chi connectivity index (χ4n) is 2.96. The summed E-state index contributed by atoms with van der Waals surface area (Å²) in [6, 6.07) is 15.5. The fraction of sp³-hybridized carbons (Fsp3) is 0.0556. The first-order chi connectivity index (χ1) is 11.1. The topological polar surface area (TPSA) is 70.2 Å². The fourth-order valence-corrected chi connectivity index (χ4v) is 2.96. The molecule has 2 amide bonds. The van der Waals surface area contributed by atoms with E-state index in [1.165, 1.54) is 11.0 Å².